The van der Waals surface area contributed by atoms with E-state index in [4.69, 9.17) is 16.1 Å². The molecule has 3 fully saturated rings. The number of aryl methyl sites for hydroxylation is 1. The second-order valence-corrected chi connectivity index (χ2v) is 13.6. The van der Waals surface area contributed by atoms with E-state index in [1.807, 2.05) is 6.92 Å². The van der Waals surface area contributed by atoms with E-state index in [1.165, 1.54) is 24.4 Å². The number of halogens is 1. The molecule has 0 unspecified atom stereocenters. The van der Waals surface area contributed by atoms with Crippen molar-refractivity contribution in [3.63, 3.8) is 0 Å². The van der Waals surface area contributed by atoms with Gasteiger partial charge in [-0.25, -0.2) is 31.3 Å². The van der Waals surface area contributed by atoms with E-state index in [1.54, 1.807) is 35.8 Å². The van der Waals surface area contributed by atoms with Crippen LogP contribution in [0.1, 0.15) is 43.7 Å². The largest absolute Gasteiger partial charge is 0.466 e. The molecule has 0 amide bonds. The SMILES string of the molecule is C#Cc1cc2c(N[C@@H]3C4CCC(CC4)[C@H]3C(=O)OCC)nc(-c3cn(S(=O)(=O)c4ccc(C)cc4)c4ncc(F)cc34)nn2c1. The zero-order valence-corrected chi connectivity index (χ0v) is 25.6. The van der Waals surface area contributed by atoms with E-state index in [2.05, 4.69) is 21.3 Å². The molecule has 8 rings (SSSR count). The molecule has 12 heteroatoms. The van der Waals surface area contributed by atoms with Crippen LogP contribution in [0.25, 0.3) is 27.9 Å². The molecule has 0 spiro atoms. The number of hydrogen-bond donors (Lipinski definition) is 1. The van der Waals surface area contributed by atoms with Crippen LogP contribution in [0, 0.1) is 42.8 Å². The first-order valence-corrected chi connectivity index (χ1v) is 16.4. The molecular weight excluding hydrogens is 595 g/mol. The van der Waals surface area contributed by atoms with Gasteiger partial charge in [0, 0.05) is 34.9 Å². The highest BCUT2D eigenvalue weighted by Crippen LogP contribution is 2.47. The number of fused-ring (bicyclic) bond motifs is 5. The summed E-state index contributed by atoms with van der Waals surface area (Å²) in [5.41, 5.74) is 2.36. The number of rotatable bonds is 7. The summed E-state index contributed by atoms with van der Waals surface area (Å²) in [6.07, 6.45) is 13.7. The van der Waals surface area contributed by atoms with Crippen LogP contribution >= 0.6 is 0 Å². The molecule has 0 saturated heterocycles. The van der Waals surface area contributed by atoms with Crippen LogP contribution < -0.4 is 5.32 Å². The minimum Gasteiger partial charge on any atom is -0.466 e. The molecule has 4 heterocycles. The van der Waals surface area contributed by atoms with E-state index in [-0.39, 0.29) is 57.1 Å². The minimum absolute atomic E-state index is 0.0361. The Labute approximate surface area is 259 Å². The molecule has 5 aromatic rings. The van der Waals surface area contributed by atoms with Gasteiger partial charge in [0.1, 0.15) is 11.3 Å². The number of pyridine rings is 1. The van der Waals surface area contributed by atoms with Crippen LogP contribution in [0.2, 0.25) is 0 Å². The van der Waals surface area contributed by atoms with Crippen molar-refractivity contribution in [2.45, 2.75) is 50.5 Å². The van der Waals surface area contributed by atoms with Crippen LogP contribution in [0.15, 0.2) is 59.9 Å². The summed E-state index contributed by atoms with van der Waals surface area (Å²) in [7, 11) is -4.11. The van der Waals surface area contributed by atoms with Crippen molar-refractivity contribution in [3.8, 4) is 23.7 Å². The van der Waals surface area contributed by atoms with Crippen molar-refractivity contribution in [2.75, 3.05) is 11.9 Å². The first-order valence-electron chi connectivity index (χ1n) is 15.0. The number of terminal acetylenes is 1. The van der Waals surface area contributed by atoms with Gasteiger partial charge in [0.15, 0.2) is 17.3 Å². The standard InChI is InChI=1S/C33H31FN6O4S/c1-4-20-14-27-31(36-29-22-10-8-21(9-11-22)28(29)33(41)44-5-2)37-30(38-39(27)17-20)26-18-40(32-25(26)15-23(34)16-35-32)45(42,43)24-12-6-19(3)7-13-24/h1,6-7,12-18,21-22,28-29H,5,8-11H2,2-3H3,(H,36,37,38)/t21?,22?,28-,29-/m1/s1. The highest BCUT2D eigenvalue weighted by molar-refractivity contribution is 7.90. The zero-order valence-electron chi connectivity index (χ0n) is 24.8. The highest BCUT2D eigenvalue weighted by atomic mass is 32.2. The van der Waals surface area contributed by atoms with Crippen LogP contribution in [0.4, 0.5) is 10.2 Å². The second kappa shape index (κ2) is 11.0. The predicted octanol–water partition coefficient (Wildman–Crippen LogP) is 5.19. The van der Waals surface area contributed by atoms with E-state index in [0.29, 0.717) is 23.5 Å². The quantitative estimate of drug-likeness (QED) is 0.194. The maximum Gasteiger partial charge on any atom is 0.311 e. The predicted molar refractivity (Wildman–Crippen MR) is 166 cm³/mol. The number of esters is 1. The number of nitrogens with zero attached hydrogens (tertiary/aromatic N) is 5. The number of nitrogens with one attached hydrogen (secondary N) is 1. The van der Waals surface area contributed by atoms with E-state index in [0.717, 1.165) is 41.4 Å². The van der Waals surface area contributed by atoms with Gasteiger partial charge in [-0.05, 0) is 75.6 Å². The topological polar surface area (TPSA) is 120 Å². The Morgan fingerprint density at radius 1 is 1.13 bits per heavy atom. The fourth-order valence-corrected chi connectivity index (χ4v) is 8.25. The van der Waals surface area contributed by atoms with Gasteiger partial charge in [-0.3, -0.25) is 4.79 Å². The summed E-state index contributed by atoms with van der Waals surface area (Å²) in [4.78, 5) is 22.3. The van der Waals surface area contributed by atoms with Crippen molar-refractivity contribution in [3.05, 3.63) is 71.9 Å². The molecule has 10 nitrogen and oxygen atoms in total. The number of ether oxygens (including phenoxy) is 1. The van der Waals surface area contributed by atoms with Crippen LogP contribution in [0.5, 0.6) is 0 Å². The van der Waals surface area contributed by atoms with Crippen LogP contribution in [0.3, 0.4) is 0 Å². The Balaban J connectivity index is 1.39. The van der Waals surface area contributed by atoms with Crippen molar-refractivity contribution >= 4 is 38.4 Å². The lowest BCUT2D eigenvalue weighted by Gasteiger charge is -2.47. The number of anilines is 1. The van der Waals surface area contributed by atoms with Gasteiger partial charge in [0.2, 0.25) is 0 Å². The summed E-state index contributed by atoms with van der Waals surface area (Å²) in [5.74, 6) is 2.44. The summed E-state index contributed by atoms with van der Waals surface area (Å²) >= 11 is 0. The first kappa shape index (κ1) is 29.0. The Morgan fingerprint density at radius 2 is 1.87 bits per heavy atom. The Morgan fingerprint density at radius 3 is 2.58 bits per heavy atom. The molecule has 45 heavy (non-hydrogen) atoms. The van der Waals surface area contributed by atoms with Gasteiger partial charge in [-0.15, -0.1) is 11.5 Å². The zero-order chi connectivity index (χ0) is 31.5. The second-order valence-electron chi connectivity index (χ2n) is 11.8. The molecule has 0 aliphatic heterocycles. The smallest absolute Gasteiger partial charge is 0.311 e. The lowest BCUT2D eigenvalue weighted by atomic mass is 9.61. The number of aromatic nitrogens is 5. The lowest BCUT2D eigenvalue weighted by molar-refractivity contribution is -0.154. The highest BCUT2D eigenvalue weighted by Gasteiger charge is 2.48. The lowest BCUT2D eigenvalue weighted by Crippen LogP contribution is -2.52. The summed E-state index contributed by atoms with van der Waals surface area (Å²) in [6.45, 7) is 3.96. The van der Waals surface area contributed by atoms with Gasteiger partial charge >= 0.3 is 5.97 Å². The van der Waals surface area contributed by atoms with Gasteiger partial charge in [0.25, 0.3) is 10.0 Å². The summed E-state index contributed by atoms with van der Waals surface area (Å²) < 4.78 is 50.3. The molecule has 3 aliphatic carbocycles. The first-order chi connectivity index (χ1) is 21.7. The molecule has 3 aliphatic rings. The number of carbonyl (C=O) groups excluding carboxylic acids is 1. The third-order valence-electron chi connectivity index (χ3n) is 9.11. The van der Waals surface area contributed by atoms with Crippen LogP contribution in [-0.2, 0) is 19.6 Å². The Bertz CT molecular complexity index is 2110. The third kappa shape index (κ3) is 4.91. The number of carbonyl (C=O) groups is 1. The maximum absolute atomic E-state index is 14.6. The monoisotopic (exact) mass is 626 g/mol. The number of hydrogen-bond acceptors (Lipinski definition) is 8. The fourth-order valence-electron chi connectivity index (χ4n) is 6.93. The summed E-state index contributed by atoms with van der Waals surface area (Å²) in [6, 6.07) is 9.22. The van der Waals surface area contributed by atoms with Gasteiger partial charge < -0.3 is 10.1 Å². The van der Waals surface area contributed by atoms with Crippen molar-refractivity contribution in [2.24, 2.45) is 17.8 Å². The number of benzene rings is 1. The van der Waals surface area contributed by atoms with Gasteiger partial charge in [-0.2, -0.15) is 0 Å². The Kier molecular flexibility index (Phi) is 7.08. The van der Waals surface area contributed by atoms with E-state index in [9.17, 15) is 17.6 Å². The van der Waals surface area contributed by atoms with Crippen LogP contribution in [-0.4, -0.2) is 50.6 Å². The maximum atomic E-state index is 14.6. The van der Waals surface area contributed by atoms with E-state index < -0.39 is 15.8 Å². The molecule has 230 valence electrons. The molecule has 1 aromatic carbocycles. The molecular formula is C33H31FN6O4S. The molecule has 3 saturated carbocycles. The molecule has 2 bridgehead atoms. The average Bonchev–Trinajstić information content (AvgIpc) is 3.64. The fraction of sp³-hybridized carbons (Fsp3) is 0.333. The van der Waals surface area contributed by atoms with E-state index >= 15 is 0 Å². The molecule has 4 aromatic heterocycles. The average molecular weight is 627 g/mol. The van der Waals surface area contributed by atoms with Crippen molar-refractivity contribution in [1.82, 2.24) is 23.6 Å². The van der Waals surface area contributed by atoms with Crippen molar-refractivity contribution < 1.29 is 22.3 Å². The normalized spacial score (nSPS) is 21.2. The minimum atomic E-state index is -4.11. The molecule has 0 radical (unpaired) electrons. The van der Waals surface area contributed by atoms with Gasteiger partial charge in [-0.1, -0.05) is 23.6 Å². The third-order valence-corrected chi connectivity index (χ3v) is 10.8. The molecule has 1 N–H and O–H groups in total. The van der Waals surface area contributed by atoms with Gasteiger partial charge in [0.05, 0.1) is 23.6 Å². The van der Waals surface area contributed by atoms with Crippen molar-refractivity contribution in [1.29, 1.82) is 0 Å². The Hall–Kier alpha value is -4.76. The summed E-state index contributed by atoms with van der Waals surface area (Å²) in [5, 5.41) is 8.47. The molecule has 2 atom stereocenters.